The van der Waals surface area contributed by atoms with E-state index in [-0.39, 0.29) is 23.8 Å². The molecule has 0 aliphatic heterocycles. The van der Waals surface area contributed by atoms with Crippen LogP contribution >= 0.6 is 0 Å². The fourth-order valence-electron chi connectivity index (χ4n) is 3.67. The number of amides is 3. The lowest BCUT2D eigenvalue weighted by Gasteiger charge is -2.38. The summed E-state index contributed by atoms with van der Waals surface area (Å²) in [5.74, 6) is 1.73. The largest absolute Gasteiger partial charge is 0.444 e. The number of unbranched alkanes of at least 4 members (excludes halogenated alkanes) is 2. The zero-order valence-electron chi connectivity index (χ0n) is 22.6. The summed E-state index contributed by atoms with van der Waals surface area (Å²) in [6.45, 7) is 15.3. The number of nitrogens with zero attached hydrogens (tertiary/aromatic N) is 1. The van der Waals surface area contributed by atoms with Crippen molar-refractivity contribution in [1.82, 2.24) is 15.5 Å². The predicted molar refractivity (Wildman–Crippen MR) is 140 cm³/mol. The minimum Gasteiger partial charge on any atom is -0.444 e. The molecular weight excluding hydrogens is 442 g/mol. The first-order chi connectivity index (χ1) is 16.3. The van der Waals surface area contributed by atoms with E-state index in [9.17, 15) is 14.4 Å². The van der Waals surface area contributed by atoms with Gasteiger partial charge < -0.3 is 20.3 Å². The Kier molecular flexibility index (Phi) is 11.8. The van der Waals surface area contributed by atoms with Crippen LogP contribution in [-0.2, 0) is 14.3 Å². The summed E-state index contributed by atoms with van der Waals surface area (Å²) < 4.78 is 5.38. The highest BCUT2D eigenvalue weighted by molar-refractivity contribution is 5.92. The molecule has 0 spiro atoms. The van der Waals surface area contributed by atoms with Crippen molar-refractivity contribution < 1.29 is 19.1 Å². The number of carbonyl (C=O) groups is 3. The molecule has 0 fully saturated rings. The van der Waals surface area contributed by atoms with Gasteiger partial charge in [0.15, 0.2) is 0 Å². The average molecular weight is 486 g/mol. The number of ether oxygens (including phenoxy) is 1. The second kappa shape index (κ2) is 13.8. The first kappa shape index (κ1) is 30.0. The van der Waals surface area contributed by atoms with E-state index in [1.54, 1.807) is 49.9 Å². The van der Waals surface area contributed by atoms with E-state index in [0.29, 0.717) is 17.7 Å². The number of nitrogens with one attached hydrogen (secondary N) is 2. The van der Waals surface area contributed by atoms with Gasteiger partial charge in [0.05, 0.1) is 0 Å². The molecule has 0 aliphatic carbocycles. The smallest absolute Gasteiger partial charge is 0.408 e. The Morgan fingerprint density at radius 1 is 1.06 bits per heavy atom. The van der Waals surface area contributed by atoms with E-state index in [0.717, 1.165) is 19.3 Å². The second-order valence-electron chi connectivity index (χ2n) is 10.4. The molecule has 1 rings (SSSR count). The molecule has 2 atom stereocenters. The van der Waals surface area contributed by atoms with Gasteiger partial charge in [-0.2, -0.15) is 0 Å². The highest BCUT2D eigenvalue weighted by Crippen LogP contribution is 2.26. The van der Waals surface area contributed by atoms with Crippen LogP contribution in [0.1, 0.15) is 91.8 Å². The molecule has 1 aromatic rings. The maximum Gasteiger partial charge on any atom is 0.408 e. The second-order valence-corrected chi connectivity index (χ2v) is 10.4. The van der Waals surface area contributed by atoms with Crippen LogP contribution in [0.3, 0.4) is 0 Å². The van der Waals surface area contributed by atoms with Crippen molar-refractivity contribution in [3.8, 4) is 12.3 Å². The summed E-state index contributed by atoms with van der Waals surface area (Å²) >= 11 is 0. The maximum atomic E-state index is 13.9. The Labute approximate surface area is 211 Å². The molecular formula is C28H43N3O4. The number of benzene rings is 1. The first-order valence-corrected chi connectivity index (χ1v) is 12.5. The molecule has 7 nitrogen and oxygen atoms in total. The van der Waals surface area contributed by atoms with E-state index in [1.807, 2.05) is 27.7 Å². The van der Waals surface area contributed by atoms with Crippen molar-refractivity contribution in [3.05, 3.63) is 35.4 Å². The van der Waals surface area contributed by atoms with Crippen molar-refractivity contribution in [2.45, 2.75) is 98.4 Å². The van der Waals surface area contributed by atoms with Gasteiger partial charge in [0, 0.05) is 18.2 Å². The average Bonchev–Trinajstić information content (AvgIpc) is 2.76. The lowest BCUT2D eigenvalue weighted by atomic mass is 9.97. The van der Waals surface area contributed by atoms with Gasteiger partial charge in [-0.25, -0.2) is 4.79 Å². The van der Waals surface area contributed by atoms with E-state index in [2.05, 4.69) is 23.5 Å². The van der Waals surface area contributed by atoms with Gasteiger partial charge in [0.1, 0.15) is 17.7 Å². The lowest BCUT2D eigenvalue weighted by molar-refractivity contribution is -0.145. The molecule has 0 aliphatic rings. The number of terminal acetylenes is 1. The third-order valence-corrected chi connectivity index (χ3v) is 5.41. The number of rotatable bonds is 11. The van der Waals surface area contributed by atoms with Gasteiger partial charge in [-0.1, -0.05) is 51.7 Å². The van der Waals surface area contributed by atoms with Gasteiger partial charge in [-0.05, 0) is 64.7 Å². The Bertz CT molecular complexity index is 879. The minimum absolute atomic E-state index is 0.228. The van der Waals surface area contributed by atoms with Gasteiger partial charge in [0.2, 0.25) is 11.8 Å². The SMILES string of the molecule is C#Cc1ccc(C(C(=O)NCCCCC)N(C(=O)C(NC(=O)OC(C)(C)C)C(C)C)C(C)C)cc1. The van der Waals surface area contributed by atoms with Gasteiger partial charge >= 0.3 is 6.09 Å². The van der Waals surface area contributed by atoms with Crippen LogP contribution in [-0.4, -0.2) is 47.0 Å². The summed E-state index contributed by atoms with van der Waals surface area (Å²) in [6.07, 6.45) is 7.73. The van der Waals surface area contributed by atoms with E-state index in [4.69, 9.17) is 11.2 Å². The van der Waals surface area contributed by atoms with Crippen LogP contribution < -0.4 is 10.6 Å². The zero-order valence-corrected chi connectivity index (χ0v) is 22.6. The van der Waals surface area contributed by atoms with Crippen molar-refractivity contribution in [3.63, 3.8) is 0 Å². The highest BCUT2D eigenvalue weighted by atomic mass is 16.6. The number of carbonyl (C=O) groups excluding carboxylic acids is 3. The summed E-state index contributed by atoms with van der Waals surface area (Å²) in [4.78, 5) is 41.4. The molecule has 0 saturated carbocycles. The Hall–Kier alpha value is -3.01. The van der Waals surface area contributed by atoms with Crippen molar-refractivity contribution in [2.75, 3.05) is 6.54 Å². The zero-order chi connectivity index (χ0) is 26.8. The molecule has 0 bridgehead atoms. The fraction of sp³-hybridized carbons (Fsp3) is 0.607. The molecule has 0 aromatic heterocycles. The summed E-state index contributed by atoms with van der Waals surface area (Å²) in [5, 5.41) is 5.71. The van der Waals surface area contributed by atoms with Crippen LogP contribution in [0.4, 0.5) is 4.79 Å². The molecule has 35 heavy (non-hydrogen) atoms. The molecule has 1 aromatic carbocycles. The summed E-state index contributed by atoms with van der Waals surface area (Å²) in [6, 6.07) is 5.01. The van der Waals surface area contributed by atoms with E-state index in [1.165, 1.54) is 0 Å². The van der Waals surface area contributed by atoms with Crippen LogP contribution in [0.15, 0.2) is 24.3 Å². The monoisotopic (exact) mass is 485 g/mol. The Morgan fingerprint density at radius 2 is 1.66 bits per heavy atom. The summed E-state index contributed by atoms with van der Waals surface area (Å²) in [7, 11) is 0. The number of alkyl carbamates (subject to hydrolysis) is 1. The molecule has 0 heterocycles. The number of hydrogen-bond donors (Lipinski definition) is 2. The third kappa shape index (κ3) is 9.64. The Balaban J connectivity index is 3.38. The quantitative estimate of drug-likeness (QED) is 0.348. The Morgan fingerprint density at radius 3 is 2.11 bits per heavy atom. The van der Waals surface area contributed by atoms with Gasteiger partial charge in [-0.3, -0.25) is 9.59 Å². The molecule has 3 amide bonds. The van der Waals surface area contributed by atoms with Crippen LogP contribution in [0.25, 0.3) is 0 Å². The summed E-state index contributed by atoms with van der Waals surface area (Å²) in [5.41, 5.74) is 0.634. The van der Waals surface area contributed by atoms with Crippen LogP contribution in [0.2, 0.25) is 0 Å². The number of hydrogen-bond acceptors (Lipinski definition) is 4. The van der Waals surface area contributed by atoms with Crippen molar-refractivity contribution in [1.29, 1.82) is 0 Å². The van der Waals surface area contributed by atoms with E-state index >= 15 is 0 Å². The first-order valence-electron chi connectivity index (χ1n) is 12.5. The lowest BCUT2D eigenvalue weighted by Crippen LogP contribution is -2.56. The topological polar surface area (TPSA) is 87.7 Å². The van der Waals surface area contributed by atoms with Crippen molar-refractivity contribution >= 4 is 17.9 Å². The molecule has 2 N–H and O–H groups in total. The highest BCUT2D eigenvalue weighted by Gasteiger charge is 2.38. The van der Waals surface area contributed by atoms with Gasteiger partial charge in [0.25, 0.3) is 0 Å². The molecule has 0 saturated heterocycles. The molecule has 2 unspecified atom stereocenters. The molecule has 7 heteroatoms. The van der Waals surface area contributed by atoms with Crippen molar-refractivity contribution in [2.24, 2.45) is 5.92 Å². The molecule has 0 radical (unpaired) electrons. The predicted octanol–water partition coefficient (Wildman–Crippen LogP) is 4.80. The standard InChI is InChI=1S/C28H43N3O4/c1-10-12-13-18-29-25(32)24(22-16-14-21(11-2)15-17-22)31(20(5)6)26(33)23(19(3)4)30-27(34)35-28(7,8)9/h2,14-17,19-20,23-24H,10,12-13,18H2,1,3-9H3,(H,29,32)(H,30,34). The minimum atomic E-state index is -0.877. The normalized spacial score (nSPS) is 13.1. The van der Waals surface area contributed by atoms with E-state index < -0.39 is 23.8 Å². The third-order valence-electron chi connectivity index (χ3n) is 5.41. The maximum absolute atomic E-state index is 13.9. The van der Waals surface area contributed by atoms with Gasteiger partial charge in [-0.15, -0.1) is 6.42 Å². The van der Waals surface area contributed by atoms with Crippen LogP contribution in [0.5, 0.6) is 0 Å². The molecule has 194 valence electrons. The fourth-order valence-corrected chi connectivity index (χ4v) is 3.67. The van der Waals surface area contributed by atoms with Crippen LogP contribution in [0, 0.1) is 18.3 Å².